The zero-order valence-corrected chi connectivity index (χ0v) is 18.4. The maximum atomic E-state index is 13.4. The van der Waals surface area contributed by atoms with Gasteiger partial charge in [-0.3, -0.25) is 4.79 Å². The molecule has 1 fully saturated rings. The number of H-pyrrole nitrogens is 1. The lowest BCUT2D eigenvalue weighted by molar-refractivity contribution is -0.136. The van der Waals surface area contributed by atoms with Crippen LogP contribution < -0.4 is 5.56 Å². The van der Waals surface area contributed by atoms with Crippen molar-refractivity contribution in [2.75, 3.05) is 13.2 Å². The highest BCUT2D eigenvalue weighted by molar-refractivity contribution is 7.89. The van der Waals surface area contributed by atoms with Gasteiger partial charge in [0.2, 0.25) is 15.6 Å². The molecule has 0 aliphatic carbocycles. The van der Waals surface area contributed by atoms with E-state index in [0.29, 0.717) is 24.6 Å². The molecular weight excluding hydrogens is 457 g/mol. The van der Waals surface area contributed by atoms with Crippen molar-refractivity contribution in [2.24, 2.45) is 0 Å². The molecule has 1 saturated heterocycles. The largest absolute Gasteiger partial charge is 0.417 e. The van der Waals surface area contributed by atoms with Crippen LogP contribution in [0.3, 0.4) is 0 Å². The Bertz CT molecular complexity index is 1320. The van der Waals surface area contributed by atoms with Crippen LogP contribution in [0.4, 0.5) is 13.2 Å². The number of aliphatic hydroxyl groups excluding tert-OH is 1. The first-order valence-electron chi connectivity index (χ1n) is 10.5. The summed E-state index contributed by atoms with van der Waals surface area (Å²) in [5, 5.41) is 9.45. The van der Waals surface area contributed by atoms with Gasteiger partial charge in [0.25, 0.3) is 0 Å². The predicted molar refractivity (Wildman–Crippen MR) is 117 cm³/mol. The monoisotopic (exact) mass is 480 g/mol. The minimum Gasteiger partial charge on any atom is -0.395 e. The number of nitrogens with zero attached hydrogens (tertiary/aromatic N) is 1. The average Bonchev–Trinajstić information content (AvgIpc) is 2.78. The Morgan fingerprint density at radius 2 is 1.73 bits per heavy atom. The van der Waals surface area contributed by atoms with Gasteiger partial charge < -0.3 is 10.1 Å². The first-order valence-corrected chi connectivity index (χ1v) is 12.0. The fourth-order valence-corrected chi connectivity index (χ4v) is 5.95. The Kier molecular flexibility index (Phi) is 6.35. The molecule has 2 heterocycles. The van der Waals surface area contributed by atoms with Crippen molar-refractivity contribution in [2.45, 2.75) is 42.8 Å². The molecule has 176 valence electrons. The number of pyridine rings is 1. The van der Waals surface area contributed by atoms with Gasteiger partial charge >= 0.3 is 6.18 Å². The third-order valence-corrected chi connectivity index (χ3v) is 7.90. The summed E-state index contributed by atoms with van der Waals surface area (Å²) >= 11 is 0. The van der Waals surface area contributed by atoms with Gasteiger partial charge in [0.15, 0.2) is 0 Å². The molecule has 4 rings (SSSR count). The van der Waals surface area contributed by atoms with Crippen LogP contribution in [-0.2, 0) is 22.6 Å². The number of fused-ring (bicyclic) bond motifs is 1. The highest BCUT2D eigenvalue weighted by Crippen LogP contribution is 2.34. The summed E-state index contributed by atoms with van der Waals surface area (Å²) in [4.78, 5) is 14.1. The van der Waals surface area contributed by atoms with E-state index in [1.165, 1.54) is 28.6 Å². The van der Waals surface area contributed by atoms with Gasteiger partial charge in [-0.1, -0.05) is 24.6 Å². The van der Waals surface area contributed by atoms with Crippen LogP contribution in [0.1, 0.15) is 36.0 Å². The second-order valence-electron chi connectivity index (χ2n) is 8.19. The van der Waals surface area contributed by atoms with Gasteiger partial charge in [-0.05, 0) is 54.7 Å². The molecule has 0 amide bonds. The minimum atomic E-state index is -4.66. The van der Waals surface area contributed by atoms with Crippen LogP contribution in [0.25, 0.3) is 10.9 Å². The Hall–Kier alpha value is -2.69. The van der Waals surface area contributed by atoms with Crippen molar-refractivity contribution in [1.82, 2.24) is 9.29 Å². The van der Waals surface area contributed by atoms with E-state index in [1.807, 2.05) is 0 Å². The predicted octanol–water partition coefficient (Wildman–Crippen LogP) is 3.67. The third kappa shape index (κ3) is 4.83. The van der Waals surface area contributed by atoms with E-state index in [2.05, 4.69) is 4.98 Å². The molecule has 0 radical (unpaired) electrons. The van der Waals surface area contributed by atoms with E-state index in [1.54, 1.807) is 18.2 Å². The van der Waals surface area contributed by atoms with Crippen LogP contribution in [0.2, 0.25) is 0 Å². The van der Waals surface area contributed by atoms with E-state index >= 15 is 0 Å². The molecule has 1 atom stereocenters. The van der Waals surface area contributed by atoms with Crippen LogP contribution in [-0.4, -0.2) is 42.0 Å². The van der Waals surface area contributed by atoms with Crippen LogP contribution in [0.5, 0.6) is 0 Å². The highest BCUT2D eigenvalue weighted by atomic mass is 32.2. The number of halogens is 3. The topological polar surface area (TPSA) is 90.5 Å². The number of sulfonamides is 1. The summed E-state index contributed by atoms with van der Waals surface area (Å²) in [6.07, 6.45) is -2.16. The highest BCUT2D eigenvalue weighted by Gasteiger charge is 2.34. The summed E-state index contributed by atoms with van der Waals surface area (Å²) in [5.41, 5.74) is -0.406. The summed E-state index contributed by atoms with van der Waals surface area (Å²) in [7, 11) is -3.75. The number of rotatable bonds is 5. The maximum Gasteiger partial charge on any atom is 0.417 e. The summed E-state index contributed by atoms with van der Waals surface area (Å²) < 4.78 is 67.5. The normalized spacial score (nSPS) is 18.0. The number of alkyl halides is 3. The van der Waals surface area contributed by atoms with Crippen molar-refractivity contribution < 1.29 is 26.7 Å². The molecule has 2 N–H and O–H groups in total. The second-order valence-corrected chi connectivity index (χ2v) is 10.1. The molecule has 3 aromatic rings. The molecule has 0 spiro atoms. The molecule has 0 bridgehead atoms. The summed E-state index contributed by atoms with van der Waals surface area (Å²) in [5.74, 6) is 0. The van der Waals surface area contributed by atoms with Crippen LogP contribution >= 0.6 is 0 Å². The third-order valence-electron chi connectivity index (χ3n) is 5.93. The van der Waals surface area contributed by atoms with Crippen molar-refractivity contribution >= 4 is 20.9 Å². The Balaban J connectivity index is 1.60. The lowest BCUT2D eigenvalue weighted by Crippen LogP contribution is -2.45. The first kappa shape index (κ1) is 23.5. The van der Waals surface area contributed by atoms with E-state index < -0.39 is 33.4 Å². The van der Waals surface area contributed by atoms with E-state index in [0.717, 1.165) is 18.4 Å². The van der Waals surface area contributed by atoms with E-state index in [-0.39, 0.29) is 28.8 Å². The molecule has 1 aromatic heterocycles. The smallest absolute Gasteiger partial charge is 0.395 e. The van der Waals surface area contributed by atoms with Crippen LogP contribution in [0, 0.1) is 0 Å². The zero-order valence-electron chi connectivity index (χ0n) is 17.6. The number of benzene rings is 2. The molecule has 1 unspecified atom stereocenters. The van der Waals surface area contributed by atoms with E-state index in [9.17, 15) is 31.5 Å². The van der Waals surface area contributed by atoms with Gasteiger partial charge in [-0.25, -0.2) is 8.42 Å². The van der Waals surface area contributed by atoms with Gasteiger partial charge in [0.05, 0.1) is 17.1 Å². The zero-order chi connectivity index (χ0) is 23.8. The lowest BCUT2D eigenvalue weighted by atomic mass is 10.0. The van der Waals surface area contributed by atoms with Crippen molar-refractivity contribution in [1.29, 1.82) is 0 Å². The standard InChI is InChI=1S/C23H23F3N2O4S/c24-23(25,26)20-13-22(30)27-21-9-6-16(12-19(20)21)11-15-4-7-18(8-5-15)33(31,32)28-10-2-1-3-17(28)14-29/h4-9,12-13,17,29H,1-3,10-11,14H2,(H,27,30). The molecule has 10 heteroatoms. The number of aliphatic hydroxyl groups is 1. The fourth-order valence-electron chi connectivity index (χ4n) is 4.27. The number of piperidine rings is 1. The SMILES string of the molecule is O=c1cc(C(F)(F)F)c2cc(Cc3ccc(S(=O)(=O)N4CCCCC4CO)cc3)ccc2[nH]1. The number of hydrogen-bond acceptors (Lipinski definition) is 4. The summed E-state index contributed by atoms with van der Waals surface area (Å²) in [6.45, 7) is 0.125. The number of nitrogens with one attached hydrogen (secondary N) is 1. The van der Waals surface area contributed by atoms with Gasteiger partial charge in [0, 0.05) is 29.6 Å². The molecular formula is C23H23F3N2O4S. The Morgan fingerprint density at radius 3 is 2.39 bits per heavy atom. The molecule has 6 nitrogen and oxygen atoms in total. The quantitative estimate of drug-likeness (QED) is 0.583. The van der Waals surface area contributed by atoms with Gasteiger partial charge in [-0.15, -0.1) is 0 Å². The molecule has 1 aliphatic heterocycles. The van der Waals surface area contributed by atoms with Crippen molar-refractivity contribution in [3.63, 3.8) is 0 Å². The molecule has 33 heavy (non-hydrogen) atoms. The average molecular weight is 481 g/mol. The van der Waals surface area contributed by atoms with Crippen molar-refractivity contribution in [3.05, 3.63) is 75.6 Å². The Labute approximate surface area is 188 Å². The van der Waals surface area contributed by atoms with Gasteiger partial charge in [-0.2, -0.15) is 17.5 Å². The molecule has 0 saturated carbocycles. The Morgan fingerprint density at radius 1 is 1.03 bits per heavy atom. The van der Waals surface area contributed by atoms with Crippen LogP contribution in [0.15, 0.2) is 58.2 Å². The minimum absolute atomic E-state index is 0.0972. The number of aromatic nitrogens is 1. The van der Waals surface area contributed by atoms with E-state index in [4.69, 9.17) is 0 Å². The first-order chi connectivity index (χ1) is 15.6. The van der Waals surface area contributed by atoms with Crippen molar-refractivity contribution in [3.8, 4) is 0 Å². The maximum absolute atomic E-state index is 13.4. The number of hydrogen-bond donors (Lipinski definition) is 2. The lowest BCUT2D eigenvalue weighted by Gasteiger charge is -2.33. The molecule has 2 aromatic carbocycles. The number of aromatic amines is 1. The second kappa shape index (κ2) is 8.92. The summed E-state index contributed by atoms with van der Waals surface area (Å²) in [6, 6.07) is 10.8. The van der Waals surface area contributed by atoms with Gasteiger partial charge in [0.1, 0.15) is 0 Å². The fraction of sp³-hybridized carbons (Fsp3) is 0.348. The molecule has 1 aliphatic rings.